The third kappa shape index (κ3) is 4.14. The Morgan fingerprint density at radius 2 is 1.91 bits per heavy atom. The number of rotatable bonds is 5. The first-order chi connectivity index (χ1) is 10.8. The van der Waals surface area contributed by atoms with Crippen molar-refractivity contribution in [2.75, 3.05) is 13.7 Å². The molecule has 6 heteroatoms. The Morgan fingerprint density at radius 3 is 2.43 bits per heavy atom. The van der Waals surface area contributed by atoms with E-state index in [1.54, 1.807) is 11.9 Å². The average Bonchev–Trinajstić information content (AvgIpc) is 3.02. The number of carbonyl (C=O) groups excluding carboxylic acids is 1. The van der Waals surface area contributed by atoms with Crippen LogP contribution in [-0.4, -0.2) is 39.8 Å². The van der Waals surface area contributed by atoms with E-state index in [0.717, 1.165) is 10.6 Å². The molecule has 5 nitrogen and oxygen atoms in total. The largest absolute Gasteiger partial charge is 0.396 e. The highest BCUT2D eigenvalue weighted by Crippen LogP contribution is 2.28. The van der Waals surface area contributed by atoms with Gasteiger partial charge in [-0.05, 0) is 12.0 Å². The van der Waals surface area contributed by atoms with Crippen molar-refractivity contribution < 1.29 is 9.90 Å². The molecule has 124 valence electrons. The van der Waals surface area contributed by atoms with E-state index < -0.39 is 0 Å². The second kappa shape index (κ2) is 7.19. The van der Waals surface area contributed by atoms with Crippen LogP contribution < -0.4 is 0 Å². The maximum Gasteiger partial charge on any atom is 0.285 e. The Bertz CT molecular complexity index is 649. The van der Waals surface area contributed by atoms with E-state index in [9.17, 15) is 9.90 Å². The summed E-state index contributed by atoms with van der Waals surface area (Å²) in [6, 6.07) is 9.54. The molecule has 23 heavy (non-hydrogen) atoms. The highest BCUT2D eigenvalue weighted by Gasteiger charge is 2.27. The van der Waals surface area contributed by atoms with Gasteiger partial charge in [-0.3, -0.25) is 4.79 Å². The van der Waals surface area contributed by atoms with Gasteiger partial charge in [0.2, 0.25) is 5.01 Å². The van der Waals surface area contributed by atoms with Crippen molar-refractivity contribution in [3.8, 4) is 0 Å². The highest BCUT2D eigenvalue weighted by molar-refractivity contribution is 7.13. The first kappa shape index (κ1) is 17.6. The fourth-order valence-corrected chi connectivity index (χ4v) is 3.17. The van der Waals surface area contributed by atoms with E-state index in [-0.39, 0.29) is 24.0 Å². The van der Waals surface area contributed by atoms with E-state index in [0.29, 0.717) is 11.4 Å². The summed E-state index contributed by atoms with van der Waals surface area (Å²) in [6.45, 7) is 6.15. The zero-order valence-corrected chi connectivity index (χ0v) is 14.8. The second-order valence-corrected chi connectivity index (χ2v) is 7.49. The van der Waals surface area contributed by atoms with Gasteiger partial charge in [0.1, 0.15) is 5.01 Å². The zero-order chi connectivity index (χ0) is 17.0. The Kier molecular flexibility index (Phi) is 5.49. The molecule has 1 aromatic heterocycles. The van der Waals surface area contributed by atoms with Crippen molar-refractivity contribution in [1.82, 2.24) is 15.1 Å². The van der Waals surface area contributed by atoms with Crippen LogP contribution >= 0.6 is 11.3 Å². The minimum Gasteiger partial charge on any atom is -0.396 e. The van der Waals surface area contributed by atoms with Gasteiger partial charge in [0, 0.05) is 19.1 Å². The van der Waals surface area contributed by atoms with E-state index in [1.165, 1.54) is 11.3 Å². The van der Waals surface area contributed by atoms with Gasteiger partial charge in [-0.25, -0.2) is 0 Å². The van der Waals surface area contributed by atoms with Gasteiger partial charge in [-0.2, -0.15) is 0 Å². The van der Waals surface area contributed by atoms with E-state index in [2.05, 4.69) is 10.2 Å². The predicted molar refractivity (Wildman–Crippen MR) is 91.6 cm³/mol. The molecule has 1 heterocycles. The summed E-state index contributed by atoms with van der Waals surface area (Å²) in [5.41, 5.74) is 0.872. The molecule has 0 saturated carbocycles. The van der Waals surface area contributed by atoms with Crippen LogP contribution in [0.1, 0.15) is 53.6 Å². The number of amides is 1. The maximum absolute atomic E-state index is 12.7. The predicted octanol–water partition coefficient (Wildman–Crippen LogP) is 3.03. The number of carbonyl (C=O) groups is 1. The summed E-state index contributed by atoms with van der Waals surface area (Å²) >= 11 is 1.33. The summed E-state index contributed by atoms with van der Waals surface area (Å²) in [7, 11) is 1.74. The first-order valence-electron chi connectivity index (χ1n) is 7.61. The minimum atomic E-state index is -0.185. The number of aliphatic hydroxyl groups is 1. The number of hydrogen-bond acceptors (Lipinski definition) is 5. The van der Waals surface area contributed by atoms with Crippen molar-refractivity contribution >= 4 is 17.2 Å². The van der Waals surface area contributed by atoms with Crippen molar-refractivity contribution in [3.63, 3.8) is 0 Å². The molecule has 0 aliphatic rings. The molecule has 0 spiro atoms. The van der Waals surface area contributed by atoms with E-state index in [1.807, 2.05) is 51.1 Å². The van der Waals surface area contributed by atoms with Gasteiger partial charge in [0.05, 0.1) is 6.04 Å². The number of aromatic nitrogens is 2. The maximum atomic E-state index is 12.7. The summed E-state index contributed by atoms with van der Waals surface area (Å²) in [5, 5.41) is 18.8. The average molecular weight is 333 g/mol. The molecule has 1 amide bonds. The van der Waals surface area contributed by atoms with Gasteiger partial charge in [-0.1, -0.05) is 62.4 Å². The van der Waals surface area contributed by atoms with Crippen molar-refractivity contribution in [1.29, 1.82) is 0 Å². The lowest BCUT2D eigenvalue weighted by Crippen LogP contribution is -2.31. The van der Waals surface area contributed by atoms with E-state index >= 15 is 0 Å². The smallest absolute Gasteiger partial charge is 0.285 e. The van der Waals surface area contributed by atoms with Crippen LogP contribution in [0.2, 0.25) is 0 Å². The third-order valence-corrected chi connectivity index (χ3v) is 4.96. The quantitative estimate of drug-likeness (QED) is 0.913. The minimum absolute atomic E-state index is 0.0144. The Labute approximate surface area is 141 Å². The molecule has 0 saturated heterocycles. The van der Waals surface area contributed by atoms with Crippen LogP contribution in [0.4, 0.5) is 0 Å². The van der Waals surface area contributed by atoms with Gasteiger partial charge in [0.15, 0.2) is 0 Å². The Morgan fingerprint density at radius 1 is 1.26 bits per heavy atom. The lowest BCUT2D eigenvalue weighted by Gasteiger charge is -2.27. The van der Waals surface area contributed by atoms with Crippen molar-refractivity contribution in [2.45, 2.75) is 38.6 Å². The standard InChI is InChI=1S/C17H23N3O2S/c1-17(2,3)16-19-18-14(23-16)15(22)20(4)13(10-11-21)12-8-6-5-7-9-12/h5-9,13,21H,10-11H2,1-4H3/t13-/m1/s1. The number of benzene rings is 1. The van der Waals surface area contributed by atoms with Crippen LogP contribution in [0.15, 0.2) is 30.3 Å². The monoisotopic (exact) mass is 333 g/mol. The molecule has 0 fully saturated rings. The molecule has 0 radical (unpaired) electrons. The lowest BCUT2D eigenvalue weighted by molar-refractivity contribution is 0.0704. The number of aliphatic hydroxyl groups excluding tert-OH is 1. The Balaban J connectivity index is 2.24. The molecule has 0 unspecified atom stereocenters. The fraction of sp³-hybridized carbons (Fsp3) is 0.471. The molecular weight excluding hydrogens is 310 g/mol. The summed E-state index contributed by atoms with van der Waals surface area (Å²) in [5.74, 6) is -0.166. The molecular formula is C17H23N3O2S. The SMILES string of the molecule is CN(C(=O)c1nnc(C(C)(C)C)s1)[C@H](CCO)c1ccccc1. The lowest BCUT2D eigenvalue weighted by atomic mass is 9.98. The normalized spacial score (nSPS) is 12.9. The number of hydrogen-bond donors (Lipinski definition) is 1. The summed E-state index contributed by atoms with van der Waals surface area (Å²) in [6.07, 6.45) is 0.483. The molecule has 2 rings (SSSR count). The van der Waals surface area contributed by atoms with Crippen molar-refractivity contribution in [2.24, 2.45) is 0 Å². The molecule has 0 aliphatic carbocycles. The van der Waals surface area contributed by atoms with Gasteiger partial charge in [-0.15, -0.1) is 10.2 Å². The van der Waals surface area contributed by atoms with E-state index in [4.69, 9.17) is 0 Å². The van der Waals surface area contributed by atoms with Gasteiger partial charge < -0.3 is 10.0 Å². The number of nitrogens with zero attached hydrogens (tertiary/aromatic N) is 3. The van der Waals surface area contributed by atoms with Gasteiger partial charge in [0.25, 0.3) is 5.91 Å². The van der Waals surface area contributed by atoms with Crippen LogP contribution in [0.25, 0.3) is 0 Å². The molecule has 1 aromatic carbocycles. The third-order valence-electron chi connectivity index (χ3n) is 3.62. The topological polar surface area (TPSA) is 66.3 Å². The van der Waals surface area contributed by atoms with Crippen LogP contribution in [0, 0.1) is 0 Å². The fourth-order valence-electron chi connectivity index (χ4n) is 2.29. The van der Waals surface area contributed by atoms with Crippen LogP contribution in [0.5, 0.6) is 0 Å². The molecule has 0 aliphatic heterocycles. The summed E-state index contributed by atoms with van der Waals surface area (Å²) in [4.78, 5) is 14.4. The highest BCUT2D eigenvalue weighted by atomic mass is 32.1. The van der Waals surface area contributed by atoms with Gasteiger partial charge >= 0.3 is 0 Å². The molecule has 2 aromatic rings. The van der Waals surface area contributed by atoms with Crippen LogP contribution in [0.3, 0.4) is 0 Å². The molecule has 0 bridgehead atoms. The van der Waals surface area contributed by atoms with Crippen LogP contribution in [-0.2, 0) is 5.41 Å². The molecule has 1 atom stereocenters. The second-order valence-electron chi connectivity index (χ2n) is 6.52. The first-order valence-corrected chi connectivity index (χ1v) is 8.43. The van der Waals surface area contributed by atoms with Crippen molar-refractivity contribution in [3.05, 3.63) is 45.9 Å². The Hall–Kier alpha value is -1.79. The summed E-state index contributed by atoms with van der Waals surface area (Å²) < 4.78 is 0. The molecule has 1 N–H and O–H groups in total. The zero-order valence-electron chi connectivity index (χ0n) is 14.0.